The van der Waals surface area contributed by atoms with Gasteiger partial charge in [0.05, 0.1) is 0 Å². The van der Waals surface area contributed by atoms with Crippen molar-refractivity contribution in [1.82, 2.24) is 0 Å². The third-order valence-corrected chi connectivity index (χ3v) is 2.63. The second-order valence-electron chi connectivity index (χ2n) is 4.41. The average Bonchev–Trinajstić information content (AvgIpc) is 2.34. The number of halogens is 15. The van der Waals surface area contributed by atoms with Gasteiger partial charge in [0.1, 0.15) is 0 Å². The molecule has 0 aliphatic heterocycles. The fraction of sp³-hybridized carbons (Fsp3) is 1.00. The highest BCUT2D eigenvalue weighted by Gasteiger charge is 2.92. The Morgan fingerprint density at radius 2 is 0.760 bits per heavy atom. The first-order valence-corrected chi connectivity index (χ1v) is 5.14. The summed E-state index contributed by atoms with van der Waals surface area (Å²) in [7, 11) is 0. The lowest BCUT2D eigenvalue weighted by Crippen LogP contribution is -2.72. The van der Waals surface area contributed by atoms with Crippen molar-refractivity contribution in [2.24, 2.45) is 0 Å². The summed E-state index contributed by atoms with van der Waals surface area (Å²) in [5, 5.41) is 15.6. The molecule has 0 aromatic heterocycles. The van der Waals surface area contributed by atoms with Gasteiger partial charge in [0.25, 0.3) is 0 Å². The fourth-order valence-corrected chi connectivity index (χ4v) is 1.17. The van der Waals surface area contributed by atoms with Crippen LogP contribution in [0.5, 0.6) is 0 Å². The van der Waals surface area contributed by atoms with Gasteiger partial charge in [-0.3, -0.25) is 0 Å². The molecule has 0 aliphatic rings. The highest BCUT2D eigenvalue weighted by molar-refractivity contribution is 5.12. The van der Waals surface area contributed by atoms with E-state index < -0.39 is 48.0 Å². The average molecular weight is 416 g/mol. The Bertz CT molecular complexity index is 487. The highest BCUT2D eigenvalue weighted by Crippen LogP contribution is 2.61. The van der Waals surface area contributed by atoms with E-state index in [9.17, 15) is 65.9 Å². The van der Waals surface area contributed by atoms with Crippen LogP contribution in [0.15, 0.2) is 0 Å². The molecule has 0 aromatic carbocycles. The Morgan fingerprint density at radius 1 is 0.480 bits per heavy atom. The van der Waals surface area contributed by atoms with E-state index in [1.165, 1.54) is 0 Å². The molecule has 17 heteroatoms. The lowest BCUT2D eigenvalue weighted by atomic mass is 9.91. The van der Waals surface area contributed by atoms with Crippen LogP contribution in [0.25, 0.3) is 0 Å². The topological polar surface area (TPSA) is 40.5 Å². The molecule has 0 heterocycles. The van der Waals surface area contributed by atoms with Crippen molar-refractivity contribution in [2.45, 2.75) is 48.0 Å². The smallest absolute Gasteiger partial charge is 0.379 e. The second-order valence-corrected chi connectivity index (χ2v) is 4.41. The SMILES string of the molecule is OC(C(O)(F)F)C(F)(F)C(F)(F)C(F)(F)C(F)(F)C(F)(F)C(F)(F)F. The molecular formula is C8H3F15O2. The molecule has 0 bridgehead atoms. The van der Waals surface area contributed by atoms with E-state index in [0.717, 1.165) is 0 Å². The zero-order valence-corrected chi connectivity index (χ0v) is 10.6. The molecule has 1 atom stereocenters. The predicted octanol–water partition coefficient (Wildman–Crippen LogP) is 3.67. The van der Waals surface area contributed by atoms with Crippen LogP contribution in [-0.2, 0) is 0 Å². The maximum atomic E-state index is 12.9. The fourth-order valence-electron chi connectivity index (χ4n) is 1.17. The normalized spacial score (nSPS) is 17.6. The van der Waals surface area contributed by atoms with Gasteiger partial charge in [0, 0.05) is 0 Å². The van der Waals surface area contributed by atoms with Gasteiger partial charge in [-0.1, -0.05) is 0 Å². The molecule has 2 N–H and O–H groups in total. The van der Waals surface area contributed by atoms with Gasteiger partial charge in [-0.2, -0.15) is 65.9 Å². The molecule has 0 aromatic rings. The Kier molecular flexibility index (Phi) is 5.43. The van der Waals surface area contributed by atoms with E-state index in [1.54, 1.807) is 0 Å². The molecule has 152 valence electrons. The van der Waals surface area contributed by atoms with Crippen molar-refractivity contribution in [1.29, 1.82) is 0 Å². The highest BCUT2D eigenvalue weighted by atomic mass is 19.4. The first-order chi connectivity index (χ1) is 10.4. The summed E-state index contributed by atoms with van der Waals surface area (Å²) in [4.78, 5) is 0. The van der Waals surface area contributed by atoms with Crippen molar-refractivity contribution in [2.75, 3.05) is 0 Å². The minimum atomic E-state index is -8.32. The number of aliphatic hydroxyl groups is 2. The third kappa shape index (κ3) is 3.19. The first-order valence-electron chi connectivity index (χ1n) is 5.14. The standard InChI is InChI=1S/C8H3F15O2/c9-2(10,1(24)3(11,12)25)4(13,14)5(15,16)6(17,18)7(19,20)8(21,22)23/h1,24-25H. The molecule has 2 nitrogen and oxygen atoms in total. The van der Waals surface area contributed by atoms with Crippen LogP contribution in [0.1, 0.15) is 0 Å². The van der Waals surface area contributed by atoms with Gasteiger partial charge >= 0.3 is 41.9 Å². The van der Waals surface area contributed by atoms with Gasteiger partial charge in [0.15, 0.2) is 0 Å². The molecule has 0 saturated carbocycles. The van der Waals surface area contributed by atoms with Gasteiger partial charge in [-0.25, -0.2) is 0 Å². The van der Waals surface area contributed by atoms with E-state index in [-0.39, 0.29) is 0 Å². The molecule has 0 fully saturated rings. The van der Waals surface area contributed by atoms with E-state index in [0.29, 0.717) is 0 Å². The summed E-state index contributed by atoms with van der Waals surface area (Å²) in [6, 6.07) is 0. The van der Waals surface area contributed by atoms with Gasteiger partial charge in [-0.15, -0.1) is 0 Å². The van der Waals surface area contributed by atoms with E-state index in [1.807, 2.05) is 0 Å². The van der Waals surface area contributed by atoms with Crippen LogP contribution >= 0.6 is 0 Å². The third-order valence-electron chi connectivity index (χ3n) is 2.63. The predicted molar refractivity (Wildman–Crippen MR) is 44.0 cm³/mol. The van der Waals surface area contributed by atoms with Crippen LogP contribution in [0.3, 0.4) is 0 Å². The summed E-state index contributed by atoms with van der Waals surface area (Å²) in [6.45, 7) is 0. The number of aliphatic hydroxyl groups excluding tert-OH is 1. The Balaban J connectivity index is 6.40. The zero-order chi connectivity index (χ0) is 21.1. The Morgan fingerprint density at radius 3 is 1.00 bits per heavy atom. The summed E-state index contributed by atoms with van der Waals surface area (Å²) >= 11 is 0. The van der Waals surface area contributed by atoms with Crippen molar-refractivity contribution in [3.63, 3.8) is 0 Å². The summed E-state index contributed by atoms with van der Waals surface area (Å²) in [5.41, 5.74) is 0. The molecule has 0 saturated heterocycles. The zero-order valence-electron chi connectivity index (χ0n) is 10.6. The number of hydrogen-bond acceptors (Lipinski definition) is 2. The summed E-state index contributed by atoms with van der Waals surface area (Å²) in [6.07, 6.45) is -19.6. The van der Waals surface area contributed by atoms with Gasteiger partial charge in [-0.05, 0) is 0 Å². The molecule has 0 spiro atoms. The van der Waals surface area contributed by atoms with Crippen LogP contribution < -0.4 is 0 Å². The van der Waals surface area contributed by atoms with Crippen molar-refractivity contribution >= 4 is 0 Å². The van der Waals surface area contributed by atoms with Gasteiger partial charge in [0.2, 0.25) is 6.10 Å². The van der Waals surface area contributed by atoms with Crippen molar-refractivity contribution in [3.05, 3.63) is 0 Å². The van der Waals surface area contributed by atoms with Crippen LogP contribution in [0.4, 0.5) is 65.9 Å². The largest absolute Gasteiger partial charge is 0.460 e. The van der Waals surface area contributed by atoms with E-state index >= 15 is 0 Å². The Hall–Kier alpha value is -1.13. The Labute approximate surface area is 125 Å². The van der Waals surface area contributed by atoms with E-state index in [4.69, 9.17) is 10.2 Å². The second kappa shape index (κ2) is 5.68. The first kappa shape index (κ1) is 23.9. The monoisotopic (exact) mass is 416 g/mol. The van der Waals surface area contributed by atoms with Crippen LogP contribution in [0, 0.1) is 0 Å². The lowest BCUT2D eigenvalue weighted by Gasteiger charge is -2.41. The molecular weight excluding hydrogens is 413 g/mol. The maximum Gasteiger partial charge on any atom is 0.460 e. The number of hydrogen-bond donors (Lipinski definition) is 2. The van der Waals surface area contributed by atoms with E-state index in [2.05, 4.69) is 0 Å². The molecule has 0 aliphatic carbocycles. The summed E-state index contributed by atoms with van der Waals surface area (Å²) < 4.78 is 186. The molecule has 25 heavy (non-hydrogen) atoms. The van der Waals surface area contributed by atoms with Crippen LogP contribution in [0.2, 0.25) is 0 Å². The molecule has 0 rings (SSSR count). The minimum absolute atomic E-state index is 5.57. The molecule has 1 unspecified atom stereocenters. The van der Waals surface area contributed by atoms with Crippen molar-refractivity contribution < 1.29 is 76.1 Å². The molecule has 0 amide bonds. The minimum Gasteiger partial charge on any atom is -0.379 e. The summed E-state index contributed by atoms with van der Waals surface area (Å²) in [5.74, 6) is -40.2. The lowest BCUT2D eigenvalue weighted by molar-refractivity contribution is -0.452. The molecule has 0 radical (unpaired) electrons. The maximum absolute atomic E-state index is 12.9. The van der Waals surface area contributed by atoms with Crippen LogP contribution in [-0.4, -0.2) is 58.2 Å². The number of alkyl halides is 15. The number of rotatable bonds is 6. The van der Waals surface area contributed by atoms with Gasteiger partial charge < -0.3 is 10.2 Å². The quantitative estimate of drug-likeness (QED) is 0.649. The van der Waals surface area contributed by atoms with Crippen molar-refractivity contribution in [3.8, 4) is 0 Å².